The van der Waals surface area contributed by atoms with Crippen LogP contribution in [0.5, 0.6) is 0 Å². The second-order valence-electron chi connectivity index (χ2n) is 2.96. The van der Waals surface area contributed by atoms with Crippen molar-refractivity contribution < 1.29 is 0 Å². The van der Waals surface area contributed by atoms with Crippen LogP contribution >= 0.6 is 11.3 Å². The molecule has 13 heavy (non-hydrogen) atoms. The number of rotatable bonds is 1. The van der Waals surface area contributed by atoms with E-state index in [1.165, 1.54) is 10.3 Å². The number of hydrogen-bond acceptors (Lipinski definition) is 2. The molecule has 0 saturated carbocycles. The summed E-state index contributed by atoms with van der Waals surface area (Å²) < 4.78 is 1.26. The number of nitrogens with zero attached hydrogens (tertiary/aromatic N) is 1. The molecule has 0 atom stereocenters. The second kappa shape index (κ2) is 3.30. The summed E-state index contributed by atoms with van der Waals surface area (Å²) in [4.78, 5) is 4.53. The zero-order valence-corrected chi connectivity index (χ0v) is 8.56. The molecule has 0 unspecified atom stereocenters. The normalized spacial score (nSPS) is 12.3. The van der Waals surface area contributed by atoms with Crippen molar-refractivity contribution in [3.05, 3.63) is 35.3 Å². The van der Waals surface area contributed by atoms with Crippen LogP contribution in [0.3, 0.4) is 0 Å². The van der Waals surface area contributed by atoms with Crippen molar-refractivity contribution in [3.63, 3.8) is 0 Å². The Hall–Kier alpha value is -1.15. The molecule has 0 bridgehead atoms. The van der Waals surface area contributed by atoms with E-state index in [-0.39, 0.29) is 0 Å². The quantitative estimate of drug-likeness (QED) is 0.666. The molecule has 0 aliphatic carbocycles. The molecule has 0 fully saturated rings. The van der Waals surface area contributed by atoms with Gasteiger partial charge in [0, 0.05) is 0 Å². The molecule has 2 rings (SSSR count). The standard InChI is InChI=1S/C11H11NS/c1-3-8(2)11-12-9-6-4-5-7-10(9)13-11/h3-7H,1-2H3. The highest BCUT2D eigenvalue weighted by Crippen LogP contribution is 2.26. The number of hydrogen-bond donors (Lipinski definition) is 0. The molecule has 0 aliphatic rings. The van der Waals surface area contributed by atoms with Gasteiger partial charge in [-0.3, -0.25) is 0 Å². The largest absolute Gasteiger partial charge is 0.236 e. The van der Waals surface area contributed by atoms with Crippen LogP contribution in [0.2, 0.25) is 0 Å². The van der Waals surface area contributed by atoms with Gasteiger partial charge in [-0.1, -0.05) is 18.2 Å². The van der Waals surface area contributed by atoms with Crippen LogP contribution < -0.4 is 0 Å². The predicted octanol–water partition coefficient (Wildman–Crippen LogP) is 3.72. The van der Waals surface area contributed by atoms with E-state index >= 15 is 0 Å². The van der Waals surface area contributed by atoms with Gasteiger partial charge in [-0.25, -0.2) is 4.98 Å². The molecular formula is C11H11NS. The Morgan fingerprint density at radius 3 is 2.85 bits per heavy atom. The van der Waals surface area contributed by atoms with Crippen molar-refractivity contribution in [1.82, 2.24) is 4.98 Å². The molecule has 0 aliphatic heterocycles. The van der Waals surface area contributed by atoms with Gasteiger partial charge in [0.15, 0.2) is 0 Å². The van der Waals surface area contributed by atoms with Gasteiger partial charge in [-0.2, -0.15) is 0 Å². The Morgan fingerprint density at radius 1 is 1.38 bits per heavy atom. The van der Waals surface area contributed by atoms with Gasteiger partial charge >= 0.3 is 0 Å². The van der Waals surface area contributed by atoms with Crippen LogP contribution in [-0.4, -0.2) is 4.98 Å². The number of benzene rings is 1. The van der Waals surface area contributed by atoms with Crippen molar-refractivity contribution in [2.45, 2.75) is 13.8 Å². The molecule has 0 spiro atoms. The first-order valence-corrected chi connectivity index (χ1v) is 5.12. The number of allylic oxidation sites excluding steroid dienone is 2. The third-order valence-electron chi connectivity index (χ3n) is 2.06. The summed E-state index contributed by atoms with van der Waals surface area (Å²) in [5.41, 5.74) is 2.35. The second-order valence-corrected chi connectivity index (χ2v) is 3.99. The van der Waals surface area contributed by atoms with E-state index in [1.807, 2.05) is 13.0 Å². The summed E-state index contributed by atoms with van der Waals surface area (Å²) in [7, 11) is 0. The Morgan fingerprint density at radius 2 is 2.15 bits per heavy atom. The summed E-state index contributed by atoms with van der Waals surface area (Å²) in [6.07, 6.45) is 2.09. The highest BCUT2D eigenvalue weighted by molar-refractivity contribution is 7.19. The van der Waals surface area contributed by atoms with Crippen molar-refractivity contribution >= 4 is 27.1 Å². The van der Waals surface area contributed by atoms with Crippen molar-refractivity contribution in [2.75, 3.05) is 0 Å². The van der Waals surface area contributed by atoms with E-state index < -0.39 is 0 Å². The monoisotopic (exact) mass is 189 g/mol. The number of para-hydroxylation sites is 1. The van der Waals surface area contributed by atoms with Crippen molar-refractivity contribution in [1.29, 1.82) is 0 Å². The smallest absolute Gasteiger partial charge is 0.119 e. The van der Waals surface area contributed by atoms with E-state index in [4.69, 9.17) is 0 Å². The molecule has 1 aromatic carbocycles. The van der Waals surface area contributed by atoms with E-state index in [1.54, 1.807) is 11.3 Å². The van der Waals surface area contributed by atoms with E-state index in [9.17, 15) is 0 Å². The van der Waals surface area contributed by atoms with Crippen molar-refractivity contribution in [3.8, 4) is 0 Å². The molecule has 2 aromatic rings. The fourth-order valence-electron chi connectivity index (χ4n) is 1.16. The molecule has 0 N–H and O–H groups in total. The third kappa shape index (κ3) is 1.49. The number of fused-ring (bicyclic) bond motifs is 1. The lowest BCUT2D eigenvalue weighted by Crippen LogP contribution is -1.74. The van der Waals surface area contributed by atoms with Gasteiger partial charge in [-0.05, 0) is 31.6 Å². The summed E-state index contributed by atoms with van der Waals surface area (Å²) in [6, 6.07) is 8.24. The highest BCUT2D eigenvalue weighted by Gasteiger charge is 2.02. The summed E-state index contributed by atoms with van der Waals surface area (Å²) >= 11 is 1.75. The lowest BCUT2D eigenvalue weighted by molar-refractivity contribution is 1.41. The zero-order chi connectivity index (χ0) is 9.26. The topological polar surface area (TPSA) is 12.9 Å². The summed E-state index contributed by atoms with van der Waals surface area (Å²) in [5.74, 6) is 0. The van der Waals surface area contributed by atoms with Crippen LogP contribution in [0.1, 0.15) is 18.9 Å². The molecular weight excluding hydrogens is 178 g/mol. The number of aromatic nitrogens is 1. The molecule has 1 heterocycles. The van der Waals surface area contributed by atoms with Crippen LogP contribution in [0.15, 0.2) is 30.3 Å². The van der Waals surface area contributed by atoms with Gasteiger partial charge in [0.05, 0.1) is 10.2 Å². The van der Waals surface area contributed by atoms with Gasteiger partial charge < -0.3 is 0 Å². The maximum absolute atomic E-state index is 4.53. The molecule has 0 saturated heterocycles. The van der Waals surface area contributed by atoms with E-state index in [0.717, 1.165) is 10.5 Å². The van der Waals surface area contributed by atoms with Crippen molar-refractivity contribution in [2.24, 2.45) is 0 Å². The predicted molar refractivity (Wildman–Crippen MR) is 58.9 cm³/mol. The number of thiazole rings is 1. The Kier molecular flexibility index (Phi) is 2.15. The SMILES string of the molecule is CC=C(C)c1nc2ccccc2s1. The van der Waals surface area contributed by atoms with Gasteiger partial charge in [0.2, 0.25) is 0 Å². The van der Waals surface area contributed by atoms with Gasteiger partial charge in [0.1, 0.15) is 5.01 Å². The fraction of sp³-hybridized carbons (Fsp3) is 0.182. The lowest BCUT2D eigenvalue weighted by Gasteiger charge is -1.89. The lowest BCUT2D eigenvalue weighted by atomic mass is 10.3. The van der Waals surface area contributed by atoms with Crippen LogP contribution in [-0.2, 0) is 0 Å². The first kappa shape index (κ1) is 8.45. The minimum Gasteiger partial charge on any atom is -0.236 e. The Labute approximate surface area is 81.7 Å². The third-order valence-corrected chi connectivity index (χ3v) is 3.24. The Bertz CT molecular complexity index is 421. The van der Waals surface area contributed by atoms with Gasteiger partial charge in [-0.15, -0.1) is 11.3 Å². The van der Waals surface area contributed by atoms with Crippen LogP contribution in [0, 0.1) is 0 Å². The fourth-order valence-corrected chi connectivity index (χ4v) is 2.16. The first-order chi connectivity index (χ1) is 6.31. The average molecular weight is 189 g/mol. The molecule has 0 amide bonds. The van der Waals surface area contributed by atoms with E-state index in [0.29, 0.717) is 0 Å². The zero-order valence-electron chi connectivity index (χ0n) is 7.74. The summed E-state index contributed by atoms with van der Waals surface area (Å²) in [5, 5.41) is 1.13. The first-order valence-electron chi connectivity index (χ1n) is 4.30. The molecule has 1 aromatic heterocycles. The molecule has 1 nitrogen and oxygen atoms in total. The molecule has 0 radical (unpaired) electrons. The highest BCUT2D eigenvalue weighted by atomic mass is 32.1. The average Bonchev–Trinajstić information content (AvgIpc) is 2.59. The Balaban J connectivity index is 2.62. The minimum atomic E-state index is 1.10. The summed E-state index contributed by atoms with van der Waals surface area (Å²) in [6.45, 7) is 4.14. The van der Waals surface area contributed by atoms with Gasteiger partial charge in [0.25, 0.3) is 0 Å². The van der Waals surface area contributed by atoms with E-state index in [2.05, 4.69) is 36.2 Å². The van der Waals surface area contributed by atoms with Crippen LogP contribution in [0.4, 0.5) is 0 Å². The maximum Gasteiger partial charge on any atom is 0.119 e. The minimum absolute atomic E-state index is 1.10. The maximum atomic E-state index is 4.53. The molecule has 66 valence electrons. The van der Waals surface area contributed by atoms with Crippen LogP contribution in [0.25, 0.3) is 15.8 Å². The molecule has 2 heteroatoms.